The molecule has 2 unspecified atom stereocenters. The monoisotopic (exact) mass is 662 g/mol. The summed E-state index contributed by atoms with van der Waals surface area (Å²) in [5, 5.41) is 17.9. The van der Waals surface area contributed by atoms with Crippen LogP contribution in [-0.2, 0) is 9.84 Å². The first kappa shape index (κ1) is 34.6. The second kappa shape index (κ2) is 15.3. The van der Waals surface area contributed by atoms with Crippen LogP contribution in [0.1, 0.15) is 32.8 Å². The molecule has 11 heteroatoms. The molecule has 4 rings (SSSR count). The van der Waals surface area contributed by atoms with Gasteiger partial charge < -0.3 is 38.6 Å². The number of sulfone groups is 1. The van der Waals surface area contributed by atoms with Crippen molar-refractivity contribution in [3.05, 3.63) is 107 Å². The van der Waals surface area contributed by atoms with Crippen molar-refractivity contribution in [2.24, 2.45) is 0 Å². The second-order valence-electron chi connectivity index (χ2n) is 10.2. The zero-order valence-electron chi connectivity index (χ0n) is 27.0. The Hall–Kier alpha value is -5.29. The van der Waals surface area contributed by atoms with Gasteiger partial charge in [-0.15, -0.1) is 0 Å². The van der Waals surface area contributed by atoms with E-state index in [1.807, 2.05) is 0 Å². The molecule has 47 heavy (non-hydrogen) atoms. The van der Waals surface area contributed by atoms with Crippen LogP contribution in [0.3, 0.4) is 0 Å². The summed E-state index contributed by atoms with van der Waals surface area (Å²) in [6.07, 6.45) is 6.32. The van der Waals surface area contributed by atoms with Gasteiger partial charge in [0, 0.05) is 24.3 Å². The van der Waals surface area contributed by atoms with E-state index in [1.54, 1.807) is 72.8 Å². The number of benzene rings is 4. The maximum absolute atomic E-state index is 14.9. The average molecular weight is 663 g/mol. The molecule has 0 saturated carbocycles. The maximum Gasteiger partial charge on any atom is 0.171 e. The molecule has 0 spiro atoms. The average Bonchev–Trinajstić information content (AvgIpc) is 3.08. The first-order chi connectivity index (χ1) is 22.6. The third-order valence-electron chi connectivity index (χ3n) is 7.53. The van der Waals surface area contributed by atoms with Crippen LogP contribution in [0.4, 0.5) is 0 Å². The fraction of sp³-hybridized carbons (Fsp3) is 0.222. The molecule has 4 aromatic carbocycles. The summed E-state index contributed by atoms with van der Waals surface area (Å²) in [4.78, 5) is 0. The van der Waals surface area contributed by atoms with Crippen molar-refractivity contribution in [1.29, 1.82) is 0 Å². The van der Waals surface area contributed by atoms with E-state index >= 15 is 0 Å². The summed E-state index contributed by atoms with van der Waals surface area (Å²) in [7, 11) is 4.68. The minimum Gasteiger partial charge on any atom is -0.508 e. The Morgan fingerprint density at radius 3 is 1.06 bits per heavy atom. The lowest BCUT2D eigenvalue weighted by molar-refractivity contribution is 0.383. The molecule has 0 saturated heterocycles. The van der Waals surface area contributed by atoms with Gasteiger partial charge >= 0.3 is 0 Å². The number of hydrogen-bond acceptors (Lipinski definition) is 10. The lowest BCUT2D eigenvalue weighted by atomic mass is 10.1. The summed E-state index contributed by atoms with van der Waals surface area (Å²) >= 11 is 0. The van der Waals surface area contributed by atoms with Gasteiger partial charge in [-0.3, -0.25) is 0 Å². The number of phenolic OH excluding ortho intramolecular Hbond substituents is 2. The molecular weight excluding hydrogens is 624 g/mol. The van der Waals surface area contributed by atoms with Crippen LogP contribution in [0.5, 0.6) is 46.0 Å². The standard InChI is InChI=1S/C36H38O10S/c1-41-27-11-7-23(8-12-27)35(17-15-29-31(43-3)19-25(37)20-32(29)44-4)47(39,40)36(24-9-13-28(42-2)14-10-24)18-16-30-33(45-5)21-26(38)22-34(30)46-6/h7-22,35-38H,1-6H3/b17-15+,18-16+. The first-order valence-electron chi connectivity index (χ1n) is 14.4. The molecule has 0 radical (unpaired) electrons. The Morgan fingerprint density at radius 2 is 0.809 bits per heavy atom. The van der Waals surface area contributed by atoms with Crippen LogP contribution in [0.25, 0.3) is 12.2 Å². The zero-order chi connectivity index (χ0) is 34.1. The smallest absolute Gasteiger partial charge is 0.171 e. The molecule has 248 valence electrons. The molecular formula is C36H38O10S. The van der Waals surface area contributed by atoms with E-state index in [-0.39, 0.29) is 11.5 Å². The number of aromatic hydroxyl groups is 2. The predicted octanol–water partition coefficient (Wildman–Crippen LogP) is 6.77. The molecule has 2 N–H and O–H groups in total. The Bertz CT molecular complexity index is 1650. The number of rotatable bonds is 14. The van der Waals surface area contributed by atoms with Crippen molar-refractivity contribution in [3.63, 3.8) is 0 Å². The van der Waals surface area contributed by atoms with E-state index in [9.17, 15) is 18.6 Å². The van der Waals surface area contributed by atoms with Crippen LogP contribution >= 0.6 is 0 Å². The summed E-state index contributed by atoms with van der Waals surface area (Å²) in [6, 6.07) is 19.2. The molecule has 0 heterocycles. The van der Waals surface area contributed by atoms with Gasteiger partial charge in [0.25, 0.3) is 0 Å². The molecule has 10 nitrogen and oxygen atoms in total. The third-order valence-corrected chi connectivity index (χ3v) is 9.80. The molecule has 0 aliphatic heterocycles. The fourth-order valence-electron chi connectivity index (χ4n) is 5.11. The van der Waals surface area contributed by atoms with Gasteiger partial charge in [-0.25, -0.2) is 8.42 Å². The number of methoxy groups -OCH3 is 6. The summed E-state index contributed by atoms with van der Waals surface area (Å²) < 4.78 is 62.4. The van der Waals surface area contributed by atoms with Crippen molar-refractivity contribution < 1.29 is 47.1 Å². The minimum absolute atomic E-state index is 0.0695. The highest BCUT2D eigenvalue weighted by atomic mass is 32.2. The highest BCUT2D eigenvalue weighted by Crippen LogP contribution is 2.42. The van der Waals surface area contributed by atoms with Crippen LogP contribution < -0.4 is 28.4 Å². The predicted molar refractivity (Wildman–Crippen MR) is 181 cm³/mol. The quantitative estimate of drug-likeness (QED) is 0.149. The van der Waals surface area contributed by atoms with E-state index in [0.717, 1.165) is 0 Å². The van der Waals surface area contributed by atoms with E-state index in [2.05, 4.69) is 0 Å². The second-order valence-corrected chi connectivity index (χ2v) is 12.4. The lowest BCUT2D eigenvalue weighted by Crippen LogP contribution is -2.19. The van der Waals surface area contributed by atoms with E-state index in [0.29, 0.717) is 56.8 Å². The maximum atomic E-state index is 14.9. The van der Waals surface area contributed by atoms with Gasteiger partial charge in [0.15, 0.2) is 9.84 Å². The van der Waals surface area contributed by atoms with Crippen LogP contribution in [0.15, 0.2) is 84.9 Å². The highest BCUT2D eigenvalue weighted by Gasteiger charge is 2.34. The van der Waals surface area contributed by atoms with Gasteiger partial charge in [-0.05, 0) is 47.5 Å². The summed E-state index contributed by atoms with van der Waals surface area (Å²) in [5.74, 6) is 2.16. The molecule has 0 aromatic heterocycles. The van der Waals surface area contributed by atoms with Crippen molar-refractivity contribution in [3.8, 4) is 46.0 Å². The summed E-state index contributed by atoms with van der Waals surface area (Å²) in [5.41, 5.74) is 1.84. The Labute approximate surface area is 274 Å². The van der Waals surface area contributed by atoms with E-state index in [4.69, 9.17) is 28.4 Å². The van der Waals surface area contributed by atoms with Crippen molar-refractivity contribution in [2.45, 2.75) is 10.5 Å². The Morgan fingerprint density at radius 1 is 0.511 bits per heavy atom. The molecule has 2 atom stereocenters. The number of ether oxygens (including phenoxy) is 6. The lowest BCUT2D eigenvalue weighted by Gasteiger charge is -2.22. The third kappa shape index (κ3) is 7.75. The SMILES string of the molecule is COc1ccc(C(/C=C/c2c(OC)cc(O)cc2OC)S(=O)(=O)C(/C=C/c2c(OC)cc(O)cc2OC)c2ccc(OC)cc2)cc1. The fourth-order valence-corrected chi connectivity index (χ4v) is 7.10. The molecule has 0 fully saturated rings. The highest BCUT2D eigenvalue weighted by molar-refractivity contribution is 7.92. The topological polar surface area (TPSA) is 130 Å². The van der Waals surface area contributed by atoms with Gasteiger partial charge in [-0.1, -0.05) is 36.4 Å². The van der Waals surface area contributed by atoms with E-state index < -0.39 is 20.3 Å². The van der Waals surface area contributed by atoms with Crippen molar-refractivity contribution >= 4 is 22.0 Å². The van der Waals surface area contributed by atoms with Gasteiger partial charge in [0.2, 0.25) is 0 Å². The minimum atomic E-state index is -4.16. The van der Waals surface area contributed by atoms with Gasteiger partial charge in [0.05, 0.1) is 53.8 Å². The van der Waals surface area contributed by atoms with Crippen LogP contribution in [0.2, 0.25) is 0 Å². The zero-order valence-corrected chi connectivity index (χ0v) is 27.8. The van der Waals surface area contributed by atoms with Gasteiger partial charge in [-0.2, -0.15) is 0 Å². The number of hydrogen-bond donors (Lipinski definition) is 2. The van der Waals surface area contributed by atoms with Crippen LogP contribution in [-0.4, -0.2) is 61.3 Å². The first-order valence-corrected chi connectivity index (χ1v) is 16.0. The number of phenols is 2. The van der Waals surface area contributed by atoms with Gasteiger partial charge in [0.1, 0.15) is 56.5 Å². The molecule has 0 aliphatic carbocycles. The Balaban J connectivity index is 1.95. The molecule has 0 amide bonds. The largest absolute Gasteiger partial charge is 0.508 e. The van der Waals surface area contributed by atoms with E-state index in [1.165, 1.54) is 66.9 Å². The molecule has 0 bridgehead atoms. The molecule has 4 aromatic rings. The van der Waals surface area contributed by atoms with Crippen LogP contribution in [0, 0.1) is 0 Å². The normalized spacial score (nSPS) is 12.9. The van der Waals surface area contributed by atoms with Crippen molar-refractivity contribution in [1.82, 2.24) is 0 Å². The summed E-state index contributed by atoms with van der Waals surface area (Å²) in [6.45, 7) is 0. The van der Waals surface area contributed by atoms with Crippen molar-refractivity contribution in [2.75, 3.05) is 42.7 Å². The molecule has 0 aliphatic rings. The Kier molecular flexibility index (Phi) is 11.3.